The number of hydrogen-bond donors (Lipinski definition) is 1. The minimum absolute atomic E-state index is 0.0427. The molecule has 0 atom stereocenters. The molecule has 1 heterocycles. The summed E-state index contributed by atoms with van der Waals surface area (Å²) < 4.78 is 28.6. The van der Waals surface area contributed by atoms with E-state index in [4.69, 9.17) is 0 Å². The van der Waals surface area contributed by atoms with Crippen molar-refractivity contribution in [3.8, 4) is 11.4 Å². The maximum atomic E-state index is 14.1. The predicted molar refractivity (Wildman–Crippen MR) is 72.7 cm³/mol. The van der Waals surface area contributed by atoms with Crippen molar-refractivity contribution in [3.63, 3.8) is 0 Å². The summed E-state index contributed by atoms with van der Waals surface area (Å²) in [6.45, 7) is 1.56. The predicted octanol–water partition coefficient (Wildman–Crippen LogP) is 2.20. The van der Waals surface area contributed by atoms with Gasteiger partial charge in [0.25, 0.3) is 5.56 Å². The first-order chi connectivity index (χ1) is 9.31. The lowest BCUT2D eigenvalue weighted by atomic mass is 10.2. The zero-order chi connectivity index (χ0) is 15.0. The molecule has 0 aliphatic carbocycles. The molecule has 4 nitrogen and oxygen atoms in total. The van der Waals surface area contributed by atoms with Gasteiger partial charge in [0.1, 0.15) is 17.3 Å². The number of aryl methyl sites for hydroxylation is 1. The molecule has 6 heteroatoms. The zero-order valence-corrected chi connectivity index (χ0v) is 11.3. The lowest BCUT2D eigenvalue weighted by molar-refractivity contribution is 0.471. The lowest BCUT2D eigenvalue weighted by Gasteiger charge is -2.20. The number of anilines is 1. The average molecular weight is 280 g/mol. The number of pyridine rings is 1. The van der Waals surface area contributed by atoms with Crippen LogP contribution < -0.4 is 10.5 Å². The van der Waals surface area contributed by atoms with Crippen molar-refractivity contribution in [1.29, 1.82) is 0 Å². The van der Waals surface area contributed by atoms with E-state index in [0.717, 1.165) is 22.8 Å². The average Bonchev–Trinajstić information content (AvgIpc) is 2.29. The molecule has 0 fully saturated rings. The summed E-state index contributed by atoms with van der Waals surface area (Å²) in [5.74, 6) is -1.76. The van der Waals surface area contributed by atoms with Crippen molar-refractivity contribution >= 4 is 5.69 Å². The van der Waals surface area contributed by atoms with E-state index < -0.39 is 17.2 Å². The summed E-state index contributed by atoms with van der Waals surface area (Å²) in [4.78, 5) is 13.5. The highest BCUT2D eigenvalue weighted by atomic mass is 19.1. The van der Waals surface area contributed by atoms with Gasteiger partial charge in [0, 0.05) is 31.9 Å². The van der Waals surface area contributed by atoms with Gasteiger partial charge in [-0.3, -0.25) is 9.36 Å². The second-order valence-corrected chi connectivity index (χ2v) is 4.68. The first kappa shape index (κ1) is 14.0. The van der Waals surface area contributed by atoms with Crippen molar-refractivity contribution in [2.45, 2.75) is 6.92 Å². The van der Waals surface area contributed by atoms with Gasteiger partial charge in [0.05, 0.1) is 5.69 Å². The van der Waals surface area contributed by atoms with Crippen LogP contribution >= 0.6 is 0 Å². The Morgan fingerprint density at radius 1 is 1.15 bits per heavy atom. The molecule has 0 aliphatic heterocycles. The third kappa shape index (κ3) is 2.36. The topological polar surface area (TPSA) is 45.5 Å². The molecule has 0 radical (unpaired) electrons. The quantitative estimate of drug-likeness (QED) is 0.917. The molecule has 0 saturated heterocycles. The highest BCUT2D eigenvalue weighted by molar-refractivity contribution is 5.63. The molecule has 0 saturated carbocycles. The maximum Gasteiger partial charge on any atom is 0.259 e. The van der Waals surface area contributed by atoms with Gasteiger partial charge in [-0.1, -0.05) is 0 Å². The number of aromatic hydroxyl groups is 1. The second-order valence-electron chi connectivity index (χ2n) is 4.68. The van der Waals surface area contributed by atoms with Gasteiger partial charge in [-0.15, -0.1) is 0 Å². The van der Waals surface area contributed by atoms with Gasteiger partial charge in [0.15, 0.2) is 5.82 Å². The number of halogens is 2. The molecule has 2 aromatic rings. The van der Waals surface area contributed by atoms with Crippen LogP contribution in [0.2, 0.25) is 0 Å². The van der Waals surface area contributed by atoms with Gasteiger partial charge in [-0.2, -0.15) is 0 Å². The van der Waals surface area contributed by atoms with Gasteiger partial charge in [-0.05, 0) is 19.1 Å². The van der Waals surface area contributed by atoms with Gasteiger partial charge in [0.2, 0.25) is 0 Å². The molecule has 1 aromatic heterocycles. The van der Waals surface area contributed by atoms with Crippen LogP contribution in [-0.4, -0.2) is 23.8 Å². The fraction of sp³-hybridized carbons (Fsp3) is 0.214. The Hall–Kier alpha value is -2.37. The van der Waals surface area contributed by atoms with Crippen LogP contribution in [0.3, 0.4) is 0 Å². The van der Waals surface area contributed by atoms with Gasteiger partial charge < -0.3 is 10.0 Å². The largest absolute Gasteiger partial charge is 0.508 e. The molecule has 0 unspecified atom stereocenters. The van der Waals surface area contributed by atoms with E-state index in [1.807, 2.05) is 0 Å². The monoisotopic (exact) mass is 280 g/mol. The van der Waals surface area contributed by atoms with Crippen molar-refractivity contribution in [1.82, 2.24) is 4.57 Å². The fourth-order valence-electron chi connectivity index (χ4n) is 2.09. The summed E-state index contributed by atoms with van der Waals surface area (Å²) in [5.41, 5.74) is -0.0444. The Balaban J connectivity index is 2.86. The van der Waals surface area contributed by atoms with Crippen LogP contribution in [0.1, 0.15) is 5.69 Å². The molecular formula is C14H14F2N2O2. The van der Waals surface area contributed by atoms with Gasteiger partial charge in [-0.25, -0.2) is 8.78 Å². The Kier molecular flexibility index (Phi) is 3.48. The normalized spacial score (nSPS) is 10.7. The summed E-state index contributed by atoms with van der Waals surface area (Å²) in [5, 5.41) is 9.38. The smallest absolute Gasteiger partial charge is 0.259 e. The van der Waals surface area contributed by atoms with Crippen molar-refractivity contribution in [2.75, 3.05) is 19.0 Å². The van der Waals surface area contributed by atoms with Crippen LogP contribution in [0.25, 0.3) is 5.69 Å². The highest BCUT2D eigenvalue weighted by Crippen LogP contribution is 2.27. The highest BCUT2D eigenvalue weighted by Gasteiger charge is 2.17. The van der Waals surface area contributed by atoms with E-state index in [1.54, 1.807) is 21.0 Å². The number of nitrogens with zero attached hydrogens (tertiary/aromatic N) is 2. The molecule has 1 aromatic carbocycles. The Bertz CT molecular complexity index is 724. The third-order valence-corrected chi connectivity index (χ3v) is 2.91. The SMILES string of the molecule is Cc1cc(O)cc(=O)n1-c1c(F)cc(F)cc1N(C)C. The van der Waals surface area contributed by atoms with E-state index in [9.17, 15) is 18.7 Å². The molecule has 0 aliphatic rings. The first-order valence-electron chi connectivity index (χ1n) is 5.90. The Labute approximate surface area is 114 Å². The van der Waals surface area contributed by atoms with Crippen LogP contribution in [0, 0.1) is 18.6 Å². The summed E-state index contributed by atoms with van der Waals surface area (Å²) in [7, 11) is 3.25. The summed E-state index contributed by atoms with van der Waals surface area (Å²) >= 11 is 0. The molecule has 0 amide bonds. The number of benzene rings is 1. The molecule has 0 bridgehead atoms. The van der Waals surface area contributed by atoms with Crippen LogP contribution in [0.4, 0.5) is 14.5 Å². The molecular weight excluding hydrogens is 266 g/mol. The standard InChI is InChI=1S/C14H14F2N2O2/c1-8-4-10(19)7-13(20)18(8)14-11(16)5-9(15)6-12(14)17(2)3/h4-7,19H,1-3H3. The third-order valence-electron chi connectivity index (χ3n) is 2.91. The van der Waals surface area contributed by atoms with E-state index in [0.29, 0.717) is 5.69 Å². The van der Waals surface area contributed by atoms with E-state index in [2.05, 4.69) is 0 Å². The summed E-state index contributed by atoms with van der Waals surface area (Å²) in [6, 6.07) is 4.19. The number of aromatic nitrogens is 1. The number of rotatable bonds is 2. The minimum Gasteiger partial charge on any atom is -0.508 e. The van der Waals surface area contributed by atoms with E-state index >= 15 is 0 Å². The molecule has 2 rings (SSSR count). The van der Waals surface area contributed by atoms with Crippen LogP contribution in [0.15, 0.2) is 29.1 Å². The van der Waals surface area contributed by atoms with Crippen LogP contribution in [0.5, 0.6) is 5.75 Å². The van der Waals surface area contributed by atoms with Gasteiger partial charge >= 0.3 is 0 Å². The first-order valence-corrected chi connectivity index (χ1v) is 5.90. The van der Waals surface area contributed by atoms with Crippen molar-refractivity contribution in [2.24, 2.45) is 0 Å². The van der Waals surface area contributed by atoms with E-state index in [1.165, 1.54) is 11.0 Å². The van der Waals surface area contributed by atoms with Crippen LogP contribution in [-0.2, 0) is 0 Å². The fourth-order valence-corrected chi connectivity index (χ4v) is 2.09. The number of hydrogen-bond acceptors (Lipinski definition) is 3. The Morgan fingerprint density at radius 2 is 1.80 bits per heavy atom. The van der Waals surface area contributed by atoms with Crippen molar-refractivity contribution in [3.05, 3.63) is 51.9 Å². The molecule has 0 spiro atoms. The molecule has 20 heavy (non-hydrogen) atoms. The summed E-state index contributed by atoms with van der Waals surface area (Å²) in [6.07, 6.45) is 0. The molecule has 106 valence electrons. The lowest BCUT2D eigenvalue weighted by Crippen LogP contribution is -2.23. The van der Waals surface area contributed by atoms with Crippen molar-refractivity contribution < 1.29 is 13.9 Å². The Morgan fingerprint density at radius 3 is 2.35 bits per heavy atom. The maximum absolute atomic E-state index is 14.1. The minimum atomic E-state index is -0.843. The van der Waals surface area contributed by atoms with E-state index in [-0.39, 0.29) is 17.1 Å². The zero-order valence-electron chi connectivity index (χ0n) is 11.3. The molecule has 1 N–H and O–H groups in total. The second kappa shape index (κ2) is 4.96.